The minimum Gasteiger partial charge on any atom is -0.493 e. The summed E-state index contributed by atoms with van der Waals surface area (Å²) in [6, 6.07) is 12.7. The molecule has 2 aromatic carbocycles. The summed E-state index contributed by atoms with van der Waals surface area (Å²) in [5.74, 6) is 0.0838. The van der Waals surface area contributed by atoms with Gasteiger partial charge in [0.2, 0.25) is 0 Å². The normalized spacial score (nSPS) is 14.2. The number of unbranched alkanes of at least 4 members (excludes halogenated alkanes) is 1. The van der Waals surface area contributed by atoms with Crippen molar-refractivity contribution in [1.29, 1.82) is 0 Å². The minimum absolute atomic E-state index is 0.147. The average molecular weight is 473 g/mol. The zero-order valence-electron chi connectivity index (χ0n) is 17.4. The maximum Gasteiger partial charge on any atom is 0.259 e. The maximum atomic E-state index is 13.0. The standard InChI is InChI=1S/C24H29BrN2O3/c1-2-3-15-30-22-14-13-17(25)16-20(22)24(29)27-21-12-8-7-11-19(21)23(28)26-18-9-5-4-6-10-18/h7-8,11-14,16,18H,2-6,9-10,15H2,1H3,(H,26,28)(H,27,29). The summed E-state index contributed by atoms with van der Waals surface area (Å²) in [6.07, 6.45) is 7.48. The third kappa shape index (κ3) is 6.08. The molecule has 2 amide bonds. The number of carbonyl (C=O) groups excluding carboxylic acids is 2. The number of rotatable bonds is 8. The molecule has 2 N–H and O–H groups in total. The molecule has 0 atom stereocenters. The lowest BCUT2D eigenvalue weighted by Gasteiger charge is -2.23. The van der Waals surface area contributed by atoms with Gasteiger partial charge in [-0.15, -0.1) is 0 Å². The molecular weight excluding hydrogens is 444 g/mol. The molecule has 0 radical (unpaired) electrons. The average Bonchev–Trinajstić information content (AvgIpc) is 2.76. The van der Waals surface area contributed by atoms with Crippen molar-refractivity contribution >= 4 is 33.4 Å². The molecule has 3 rings (SSSR count). The van der Waals surface area contributed by atoms with Gasteiger partial charge in [0.05, 0.1) is 23.4 Å². The van der Waals surface area contributed by atoms with Crippen molar-refractivity contribution in [3.63, 3.8) is 0 Å². The van der Waals surface area contributed by atoms with E-state index in [1.165, 1.54) is 6.42 Å². The summed E-state index contributed by atoms with van der Waals surface area (Å²) in [5, 5.41) is 6.02. The molecule has 0 heterocycles. The molecule has 0 aliphatic heterocycles. The molecule has 1 fully saturated rings. The number of nitrogens with one attached hydrogen (secondary N) is 2. The number of amides is 2. The van der Waals surface area contributed by atoms with Crippen LogP contribution in [0.25, 0.3) is 0 Å². The van der Waals surface area contributed by atoms with Gasteiger partial charge in [-0.2, -0.15) is 0 Å². The van der Waals surface area contributed by atoms with E-state index in [9.17, 15) is 9.59 Å². The van der Waals surface area contributed by atoms with E-state index in [-0.39, 0.29) is 17.9 Å². The molecule has 160 valence electrons. The van der Waals surface area contributed by atoms with Crippen molar-refractivity contribution in [2.24, 2.45) is 0 Å². The van der Waals surface area contributed by atoms with Crippen LogP contribution >= 0.6 is 15.9 Å². The van der Waals surface area contributed by atoms with Gasteiger partial charge < -0.3 is 15.4 Å². The lowest BCUT2D eigenvalue weighted by atomic mass is 9.95. The highest BCUT2D eigenvalue weighted by molar-refractivity contribution is 9.10. The summed E-state index contributed by atoms with van der Waals surface area (Å²) in [6.45, 7) is 2.65. The van der Waals surface area contributed by atoms with Crippen LogP contribution in [0.3, 0.4) is 0 Å². The van der Waals surface area contributed by atoms with Crippen molar-refractivity contribution in [3.05, 3.63) is 58.1 Å². The van der Waals surface area contributed by atoms with E-state index in [1.54, 1.807) is 24.3 Å². The predicted molar refractivity (Wildman–Crippen MR) is 123 cm³/mol. The number of hydrogen-bond donors (Lipinski definition) is 2. The number of halogens is 1. The Kier molecular flexibility index (Phi) is 8.31. The molecule has 2 aromatic rings. The Bertz CT molecular complexity index is 879. The van der Waals surface area contributed by atoms with Crippen LogP contribution in [-0.2, 0) is 0 Å². The molecule has 0 bridgehead atoms. The molecule has 0 saturated heterocycles. The number of benzene rings is 2. The summed E-state index contributed by atoms with van der Waals surface area (Å²) in [7, 11) is 0. The molecule has 30 heavy (non-hydrogen) atoms. The first-order valence-corrected chi connectivity index (χ1v) is 11.5. The van der Waals surface area contributed by atoms with Crippen LogP contribution in [0.4, 0.5) is 5.69 Å². The maximum absolute atomic E-state index is 13.0. The number of carbonyl (C=O) groups is 2. The number of anilines is 1. The fraction of sp³-hybridized carbons (Fsp3) is 0.417. The fourth-order valence-corrected chi connectivity index (χ4v) is 3.98. The second-order valence-electron chi connectivity index (χ2n) is 7.65. The Morgan fingerprint density at radius 2 is 1.80 bits per heavy atom. The molecular formula is C24H29BrN2O3. The van der Waals surface area contributed by atoms with E-state index in [1.807, 2.05) is 18.2 Å². The highest BCUT2D eigenvalue weighted by Gasteiger charge is 2.20. The van der Waals surface area contributed by atoms with Gasteiger partial charge in [-0.25, -0.2) is 0 Å². The van der Waals surface area contributed by atoms with Crippen LogP contribution < -0.4 is 15.4 Å². The topological polar surface area (TPSA) is 67.4 Å². The van der Waals surface area contributed by atoms with Gasteiger partial charge in [-0.1, -0.05) is 60.7 Å². The van der Waals surface area contributed by atoms with Crippen molar-refractivity contribution in [1.82, 2.24) is 5.32 Å². The Labute approximate surface area is 186 Å². The number of ether oxygens (including phenoxy) is 1. The third-order valence-electron chi connectivity index (χ3n) is 5.30. The lowest BCUT2D eigenvalue weighted by Crippen LogP contribution is -2.36. The molecule has 6 heteroatoms. The number of para-hydroxylation sites is 1. The molecule has 1 aliphatic rings. The van der Waals surface area contributed by atoms with E-state index in [4.69, 9.17) is 4.74 Å². The van der Waals surface area contributed by atoms with Gasteiger partial charge in [0.15, 0.2) is 0 Å². The highest BCUT2D eigenvalue weighted by Crippen LogP contribution is 2.26. The summed E-state index contributed by atoms with van der Waals surface area (Å²) in [5.41, 5.74) is 1.40. The van der Waals surface area contributed by atoms with Crippen molar-refractivity contribution in [2.45, 2.75) is 57.9 Å². The van der Waals surface area contributed by atoms with Gasteiger partial charge in [0.25, 0.3) is 11.8 Å². The van der Waals surface area contributed by atoms with E-state index >= 15 is 0 Å². The van der Waals surface area contributed by atoms with E-state index in [2.05, 4.69) is 33.5 Å². The van der Waals surface area contributed by atoms with Crippen molar-refractivity contribution in [2.75, 3.05) is 11.9 Å². The summed E-state index contributed by atoms with van der Waals surface area (Å²) in [4.78, 5) is 25.9. The lowest BCUT2D eigenvalue weighted by molar-refractivity contribution is 0.0928. The van der Waals surface area contributed by atoms with Crippen LogP contribution in [0, 0.1) is 0 Å². The summed E-state index contributed by atoms with van der Waals surface area (Å²) < 4.78 is 6.60. The quantitative estimate of drug-likeness (QED) is 0.466. The first kappa shape index (κ1) is 22.3. The zero-order valence-corrected chi connectivity index (χ0v) is 19.0. The highest BCUT2D eigenvalue weighted by atomic mass is 79.9. The van der Waals surface area contributed by atoms with E-state index in [0.717, 1.165) is 43.0 Å². The van der Waals surface area contributed by atoms with Gasteiger partial charge in [-0.05, 0) is 49.6 Å². The second-order valence-corrected chi connectivity index (χ2v) is 8.57. The first-order valence-electron chi connectivity index (χ1n) is 10.7. The third-order valence-corrected chi connectivity index (χ3v) is 5.80. The molecule has 5 nitrogen and oxygen atoms in total. The summed E-state index contributed by atoms with van der Waals surface area (Å²) >= 11 is 3.43. The molecule has 0 aromatic heterocycles. The molecule has 0 unspecified atom stereocenters. The Morgan fingerprint density at radius 1 is 1.03 bits per heavy atom. The van der Waals surface area contributed by atoms with Crippen LogP contribution in [-0.4, -0.2) is 24.5 Å². The van der Waals surface area contributed by atoms with Crippen LogP contribution in [0.2, 0.25) is 0 Å². The largest absolute Gasteiger partial charge is 0.493 e. The predicted octanol–water partition coefficient (Wildman–Crippen LogP) is 5.94. The minimum atomic E-state index is -0.305. The Hall–Kier alpha value is -2.34. The van der Waals surface area contributed by atoms with E-state index < -0.39 is 0 Å². The van der Waals surface area contributed by atoms with Gasteiger partial charge in [0.1, 0.15) is 5.75 Å². The Morgan fingerprint density at radius 3 is 2.57 bits per heavy atom. The second kappa shape index (κ2) is 11.2. The molecule has 1 saturated carbocycles. The van der Waals surface area contributed by atoms with Gasteiger partial charge in [-0.3, -0.25) is 9.59 Å². The van der Waals surface area contributed by atoms with Gasteiger partial charge >= 0.3 is 0 Å². The number of hydrogen-bond acceptors (Lipinski definition) is 3. The molecule has 0 spiro atoms. The molecule has 1 aliphatic carbocycles. The fourth-order valence-electron chi connectivity index (χ4n) is 3.62. The van der Waals surface area contributed by atoms with E-state index in [0.29, 0.717) is 29.2 Å². The van der Waals surface area contributed by atoms with Crippen molar-refractivity contribution < 1.29 is 14.3 Å². The van der Waals surface area contributed by atoms with Crippen molar-refractivity contribution in [3.8, 4) is 5.75 Å². The zero-order chi connectivity index (χ0) is 21.3. The smallest absolute Gasteiger partial charge is 0.259 e. The van der Waals surface area contributed by atoms with Crippen LogP contribution in [0.15, 0.2) is 46.9 Å². The van der Waals surface area contributed by atoms with Crippen LogP contribution in [0.1, 0.15) is 72.6 Å². The first-order chi connectivity index (χ1) is 14.6. The Balaban J connectivity index is 1.76. The van der Waals surface area contributed by atoms with Crippen LogP contribution in [0.5, 0.6) is 5.75 Å². The monoisotopic (exact) mass is 472 g/mol. The van der Waals surface area contributed by atoms with Gasteiger partial charge in [0, 0.05) is 10.5 Å². The SMILES string of the molecule is CCCCOc1ccc(Br)cc1C(=O)Nc1ccccc1C(=O)NC1CCCCC1.